The summed E-state index contributed by atoms with van der Waals surface area (Å²) in [6.45, 7) is 3.50. The van der Waals surface area contributed by atoms with Gasteiger partial charge in [-0.1, -0.05) is 36.4 Å². The Labute approximate surface area is 177 Å². The zero-order valence-corrected chi connectivity index (χ0v) is 17.2. The summed E-state index contributed by atoms with van der Waals surface area (Å²) in [6.07, 6.45) is 7.46. The molecule has 0 unspecified atom stereocenters. The number of amides is 1. The molecule has 1 fully saturated rings. The van der Waals surface area contributed by atoms with E-state index in [4.69, 9.17) is 0 Å². The fraction of sp³-hybridized carbons (Fsp3) is 0.240. The topological polar surface area (TPSA) is 58.1 Å². The van der Waals surface area contributed by atoms with Crippen molar-refractivity contribution in [2.75, 3.05) is 18.4 Å². The zero-order valence-electron chi connectivity index (χ0n) is 17.2. The van der Waals surface area contributed by atoms with E-state index in [-0.39, 0.29) is 5.91 Å². The average Bonchev–Trinajstić information content (AvgIpc) is 2.78. The average molecular weight is 399 g/mol. The van der Waals surface area contributed by atoms with Gasteiger partial charge in [0.15, 0.2) is 0 Å². The monoisotopic (exact) mass is 398 g/mol. The Balaban J connectivity index is 1.43. The summed E-state index contributed by atoms with van der Waals surface area (Å²) >= 11 is 0. The maximum absolute atomic E-state index is 12.7. The van der Waals surface area contributed by atoms with Crippen molar-refractivity contribution < 1.29 is 4.79 Å². The molecular formula is C25H26N4O. The Kier molecular flexibility index (Phi) is 6.18. The van der Waals surface area contributed by atoms with Crippen molar-refractivity contribution in [2.24, 2.45) is 0 Å². The third kappa shape index (κ3) is 5.11. The van der Waals surface area contributed by atoms with Crippen molar-refractivity contribution in [3.05, 3.63) is 89.8 Å². The van der Waals surface area contributed by atoms with E-state index in [0.29, 0.717) is 5.92 Å². The van der Waals surface area contributed by atoms with Crippen molar-refractivity contribution in [1.82, 2.24) is 14.9 Å². The number of piperidine rings is 1. The van der Waals surface area contributed by atoms with Gasteiger partial charge < -0.3 is 10.2 Å². The highest BCUT2D eigenvalue weighted by Crippen LogP contribution is 2.28. The lowest BCUT2D eigenvalue weighted by Crippen LogP contribution is -2.38. The number of carbonyl (C=O) groups is 1. The first-order valence-corrected chi connectivity index (χ1v) is 10.4. The van der Waals surface area contributed by atoms with Crippen LogP contribution in [0, 0.1) is 6.92 Å². The Morgan fingerprint density at radius 3 is 2.80 bits per heavy atom. The normalized spacial score (nSPS) is 16.6. The van der Waals surface area contributed by atoms with Crippen molar-refractivity contribution in [3.8, 4) is 0 Å². The number of nitrogens with one attached hydrogen (secondary N) is 1. The molecule has 1 saturated heterocycles. The first kappa shape index (κ1) is 19.8. The van der Waals surface area contributed by atoms with Gasteiger partial charge in [0.05, 0.1) is 0 Å². The quantitative estimate of drug-likeness (QED) is 0.618. The van der Waals surface area contributed by atoms with E-state index in [9.17, 15) is 4.79 Å². The molecule has 1 aliphatic heterocycles. The van der Waals surface area contributed by atoms with Crippen LogP contribution in [0.25, 0.3) is 6.08 Å². The predicted octanol–water partition coefficient (Wildman–Crippen LogP) is 4.95. The van der Waals surface area contributed by atoms with Crippen LogP contribution >= 0.6 is 0 Å². The molecule has 152 valence electrons. The zero-order chi connectivity index (χ0) is 20.8. The van der Waals surface area contributed by atoms with Gasteiger partial charge in [0.1, 0.15) is 11.6 Å². The van der Waals surface area contributed by atoms with Crippen LogP contribution in [0.15, 0.2) is 72.9 Å². The number of likely N-dealkylation sites (tertiary alicyclic amines) is 1. The summed E-state index contributed by atoms with van der Waals surface area (Å²) in [5.41, 5.74) is 3.19. The number of hydrogen-bond donors (Lipinski definition) is 1. The van der Waals surface area contributed by atoms with Crippen LogP contribution < -0.4 is 5.32 Å². The van der Waals surface area contributed by atoms with Gasteiger partial charge in [-0.3, -0.25) is 4.79 Å². The second-order valence-corrected chi connectivity index (χ2v) is 7.63. The van der Waals surface area contributed by atoms with Gasteiger partial charge in [-0.05, 0) is 61.2 Å². The molecule has 0 saturated carbocycles. The van der Waals surface area contributed by atoms with Crippen LogP contribution in [0.5, 0.6) is 0 Å². The first-order chi connectivity index (χ1) is 14.7. The molecule has 5 heteroatoms. The number of hydrogen-bond acceptors (Lipinski definition) is 4. The Morgan fingerprint density at radius 1 is 1.10 bits per heavy atom. The molecule has 4 rings (SSSR count). The number of pyridine rings is 2. The van der Waals surface area contributed by atoms with E-state index in [0.717, 1.165) is 48.8 Å². The van der Waals surface area contributed by atoms with Gasteiger partial charge in [0.25, 0.3) is 0 Å². The molecular weight excluding hydrogens is 372 g/mol. The Hall–Kier alpha value is -3.47. The minimum atomic E-state index is 0.0694. The van der Waals surface area contributed by atoms with Crippen molar-refractivity contribution in [2.45, 2.75) is 25.7 Å². The number of rotatable bonds is 5. The Bertz CT molecular complexity index is 1030. The lowest BCUT2D eigenvalue weighted by Gasteiger charge is -2.32. The summed E-state index contributed by atoms with van der Waals surface area (Å²) in [7, 11) is 0. The summed E-state index contributed by atoms with van der Waals surface area (Å²) < 4.78 is 0. The molecule has 1 amide bonds. The number of aromatic nitrogens is 2. The molecule has 0 spiro atoms. The highest BCUT2D eigenvalue weighted by atomic mass is 16.2. The van der Waals surface area contributed by atoms with Crippen LogP contribution in [0.4, 0.5) is 11.6 Å². The third-order valence-electron chi connectivity index (χ3n) is 5.35. The molecule has 30 heavy (non-hydrogen) atoms. The molecule has 3 aromatic rings. The fourth-order valence-corrected chi connectivity index (χ4v) is 3.80. The molecule has 1 N–H and O–H groups in total. The van der Waals surface area contributed by atoms with Gasteiger partial charge >= 0.3 is 0 Å². The molecule has 0 bridgehead atoms. The maximum atomic E-state index is 12.7. The maximum Gasteiger partial charge on any atom is 0.246 e. The number of anilines is 2. The van der Waals surface area contributed by atoms with E-state index in [1.54, 1.807) is 6.08 Å². The van der Waals surface area contributed by atoms with E-state index in [2.05, 4.69) is 21.4 Å². The van der Waals surface area contributed by atoms with Gasteiger partial charge in [-0.25, -0.2) is 9.97 Å². The van der Waals surface area contributed by atoms with Crippen LogP contribution in [0.2, 0.25) is 0 Å². The highest BCUT2D eigenvalue weighted by molar-refractivity contribution is 5.91. The van der Waals surface area contributed by atoms with Crippen molar-refractivity contribution in [1.29, 1.82) is 0 Å². The molecule has 0 radical (unpaired) electrons. The standard InChI is InChI=1S/C25H26N4O/c1-19-7-5-11-23(27-19)28-24-17-21(14-15-26-24)22-10-6-16-29(18-22)25(30)13-12-20-8-3-2-4-9-20/h2-5,7-9,11-15,17,22H,6,10,16,18H2,1H3,(H,26,27,28)/b13-12+/t22-/m1/s1. The van der Waals surface area contributed by atoms with Crippen molar-refractivity contribution >= 4 is 23.6 Å². The number of benzene rings is 1. The second-order valence-electron chi connectivity index (χ2n) is 7.63. The second kappa shape index (κ2) is 9.35. The molecule has 2 aromatic heterocycles. The van der Waals surface area contributed by atoms with Crippen LogP contribution in [-0.2, 0) is 4.79 Å². The number of aryl methyl sites for hydroxylation is 1. The summed E-state index contributed by atoms with van der Waals surface area (Å²) in [4.78, 5) is 23.6. The third-order valence-corrected chi connectivity index (χ3v) is 5.35. The van der Waals surface area contributed by atoms with Gasteiger partial charge in [-0.15, -0.1) is 0 Å². The highest BCUT2D eigenvalue weighted by Gasteiger charge is 2.24. The van der Waals surface area contributed by atoms with E-state index < -0.39 is 0 Å². The smallest absolute Gasteiger partial charge is 0.246 e. The molecule has 5 nitrogen and oxygen atoms in total. The fourth-order valence-electron chi connectivity index (χ4n) is 3.80. The lowest BCUT2D eigenvalue weighted by molar-refractivity contribution is -0.127. The first-order valence-electron chi connectivity index (χ1n) is 10.4. The molecule has 1 aliphatic rings. The predicted molar refractivity (Wildman–Crippen MR) is 121 cm³/mol. The lowest BCUT2D eigenvalue weighted by atomic mass is 9.91. The van der Waals surface area contributed by atoms with Crippen LogP contribution in [0.3, 0.4) is 0 Å². The van der Waals surface area contributed by atoms with Crippen LogP contribution in [-0.4, -0.2) is 33.9 Å². The van der Waals surface area contributed by atoms with Crippen LogP contribution in [0.1, 0.15) is 35.6 Å². The summed E-state index contributed by atoms with van der Waals surface area (Å²) in [6, 6.07) is 19.9. The van der Waals surface area contributed by atoms with Gasteiger partial charge in [0.2, 0.25) is 5.91 Å². The van der Waals surface area contributed by atoms with Crippen molar-refractivity contribution in [3.63, 3.8) is 0 Å². The molecule has 1 atom stereocenters. The summed E-state index contributed by atoms with van der Waals surface area (Å²) in [5, 5.41) is 3.28. The van der Waals surface area contributed by atoms with E-state index in [1.165, 1.54) is 5.56 Å². The minimum absolute atomic E-state index is 0.0694. The largest absolute Gasteiger partial charge is 0.339 e. The Morgan fingerprint density at radius 2 is 1.97 bits per heavy atom. The SMILES string of the molecule is Cc1cccc(Nc2cc([C@@H]3CCCN(C(=O)/C=C/c4ccccc4)C3)ccn2)n1. The number of carbonyl (C=O) groups excluding carboxylic acids is 1. The molecule has 3 heterocycles. The van der Waals surface area contributed by atoms with Gasteiger partial charge in [0, 0.05) is 37.0 Å². The van der Waals surface area contributed by atoms with Gasteiger partial charge in [-0.2, -0.15) is 0 Å². The minimum Gasteiger partial charge on any atom is -0.339 e. The molecule has 1 aromatic carbocycles. The molecule has 0 aliphatic carbocycles. The van der Waals surface area contributed by atoms with E-state index >= 15 is 0 Å². The number of nitrogens with zero attached hydrogens (tertiary/aromatic N) is 3. The van der Waals surface area contributed by atoms with E-state index in [1.807, 2.05) is 78.7 Å². The summed E-state index contributed by atoms with van der Waals surface area (Å²) in [5.74, 6) is 1.94.